The maximum absolute atomic E-state index is 10.1. The predicted octanol–water partition coefficient (Wildman–Crippen LogP) is 4.06. The zero-order chi connectivity index (χ0) is 11.7. The SMILES string of the molecule is CCc1ccc(C(O)c2cc(Br)c(C)s2)o1. The highest BCUT2D eigenvalue weighted by Crippen LogP contribution is 2.34. The third kappa shape index (κ3) is 2.24. The van der Waals surface area contributed by atoms with Gasteiger partial charge in [-0.05, 0) is 41.1 Å². The molecule has 0 radical (unpaired) electrons. The summed E-state index contributed by atoms with van der Waals surface area (Å²) in [6, 6.07) is 5.69. The highest BCUT2D eigenvalue weighted by atomic mass is 79.9. The topological polar surface area (TPSA) is 33.4 Å². The Morgan fingerprint density at radius 1 is 1.50 bits per heavy atom. The molecule has 1 atom stereocenters. The number of rotatable bonds is 3. The van der Waals surface area contributed by atoms with E-state index >= 15 is 0 Å². The molecule has 0 saturated heterocycles. The predicted molar refractivity (Wildman–Crippen MR) is 68.9 cm³/mol. The van der Waals surface area contributed by atoms with Gasteiger partial charge in [0.25, 0.3) is 0 Å². The zero-order valence-corrected chi connectivity index (χ0v) is 11.6. The average Bonchev–Trinajstić information content (AvgIpc) is 2.86. The summed E-state index contributed by atoms with van der Waals surface area (Å²) in [5, 5.41) is 10.1. The summed E-state index contributed by atoms with van der Waals surface area (Å²) < 4.78 is 6.58. The largest absolute Gasteiger partial charge is 0.463 e. The van der Waals surface area contributed by atoms with Crippen molar-refractivity contribution in [3.05, 3.63) is 43.9 Å². The first-order chi connectivity index (χ1) is 7.61. The number of furan rings is 1. The highest BCUT2D eigenvalue weighted by molar-refractivity contribution is 9.10. The van der Waals surface area contributed by atoms with Crippen LogP contribution in [-0.2, 0) is 6.42 Å². The second-order valence-electron chi connectivity index (χ2n) is 3.61. The van der Waals surface area contributed by atoms with E-state index in [-0.39, 0.29) is 0 Å². The molecule has 0 aliphatic carbocycles. The van der Waals surface area contributed by atoms with Gasteiger partial charge in [0.15, 0.2) is 0 Å². The van der Waals surface area contributed by atoms with E-state index in [0.29, 0.717) is 5.76 Å². The third-order valence-electron chi connectivity index (χ3n) is 2.45. The summed E-state index contributed by atoms with van der Waals surface area (Å²) in [5.74, 6) is 1.52. The molecule has 1 N–H and O–H groups in total. The van der Waals surface area contributed by atoms with Crippen LogP contribution in [0.25, 0.3) is 0 Å². The van der Waals surface area contributed by atoms with E-state index in [9.17, 15) is 5.11 Å². The molecule has 16 heavy (non-hydrogen) atoms. The Morgan fingerprint density at radius 2 is 2.25 bits per heavy atom. The maximum atomic E-state index is 10.1. The van der Waals surface area contributed by atoms with Crippen LogP contribution < -0.4 is 0 Å². The lowest BCUT2D eigenvalue weighted by atomic mass is 10.2. The van der Waals surface area contributed by atoms with E-state index in [1.54, 1.807) is 11.3 Å². The van der Waals surface area contributed by atoms with E-state index in [1.165, 1.54) is 0 Å². The molecule has 0 spiro atoms. The standard InChI is InChI=1S/C12H13BrO2S/c1-3-8-4-5-10(15-8)12(14)11-6-9(13)7(2)16-11/h4-6,12,14H,3H2,1-2H3. The van der Waals surface area contributed by atoms with Gasteiger partial charge >= 0.3 is 0 Å². The summed E-state index contributed by atoms with van der Waals surface area (Å²) >= 11 is 5.02. The molecule has 2 heterocycles. The number of thiophene rings is 1. The first-order valence-corrected chi connectivity index (χ1v) is 6.75. The summed E-state index contributed by atoms with van der Waals surface area (Å²) in [7, 11) is 0. The van der Waals surface area contributed by atoms with Gasteiger partial charge < -0.3 is 9.52 Å². The highest BCUT2D eigenvalue weighted by Gasteiger charge is 2.17. The molecule has 2 nitrogen and oxygen atoms in total. The van der Waals surface area contributed by atoms with Gasteiger partial charge in [0, 0.05) is 20.6 Å². The van der Waals surface area contributed by atoms with Crippen molar-refractivity contribution in [2.24, 2.45) is 0 Å². The van der Waals surface area contributed by atoms with Crippen LogP contribution in [0.5, 0.6) is 0 Å². The van der Waals surface area contributed by atoms with Crippen LogP contribution >= 0.6 is 27.3 Å². The van der Waals surface area contributed by atoms with Crippen LogP contribution in [0.2, 0.25) is 0 Å². The summed E-state index contributed by atoms with van der Waals surface area (Å²) in [6.07, 6.45) is 0.190. The van der Waals surface area contributed by atoms with Gasteiger partial charge in [0.2, 0.25) is 0 Å². The molecule has 0 aromatic carbocycles. The van der Waals surface area contributed by atoms with Gasteiger partial charge in [-0.2, -0.15) is 0 Å². The maximum Gasteiger partial charge on any atom is 0.146 e. The van der Waals surface area contributed by atoms with Gasteiger partial charge in [-0.25, -0.2) is 0 Å². The second-order valence-corrected chi connectivity index (χ2v) is 5.76. The van der Waals surface area contributed by atoms with E-state index in [1.807, 2.05) is 32.0 Å². The van der Waals surface area contributed by atoms with Crippen molar-refractivity contribution in [3.8, 4) is 0 Å². The normalized spacial score (nSPS) is 13.0. The van der Waals surface area contributed by atoms with Crippen molar-refractivity contribution in [3.63, 3.8) is 0 Å². The number of aliphatic hydroxyl groups is 1. The van der Waals surface area contributed by atoms with Crippen LogP contribution in [0.3, 0.4) is 0 Å². The first kappa shape index (κ1) is 11.9. The van der Waals surface area contributed by atoms with Crippen LogP contribution in [-0.4, -0.2) is 5.11 Å². The van der Waals surface area contributed by atoms with Crippen molar-refractivity contribution in [2.45, 2.75) is 26.4 Å². The summed E-state index contributed by atoms with van der Waals surface area (Å²) in [4.78, 5) is 2.07. The van der Waals surface area contributed by atoms with E-state index in [0.717, 1.165) is 26.4 Å². The molecule has 0 aliphatic rings. The van der Waals surface area contributed by atoms with Crippen LogP contribution in [0.4, 0.5) is 0 Å². The van der Waals surface area contributed by atoms with Crippen molar-refractivity contribution in [2.75, 3.05) is 0 Å². The number of hydrogen-bond acceptors (Lipinski definition) is 3. The molecule has 0 aliphatic heterocycles. The number of aliphatic hydroxyl groups excluding tert-OH is 1. The third-order valence-corrected chi connectivity index (χ3v) is 4.64. The minimum Gasteiger partial charge on any atom is -0.463 e. The Bertz CT molecular complexity index is 467. The minimum atomic E-state index is -0.657. The van der Waals surface area contributed by atoms with Crippen LogP contribution in [0.1, 0.15) is 34.3 Å². The number of hydrogen-bond donors (Lipinski definition) is 1. The smallest absolute Gasteiger partial charge is 0.146 e. The molecule has 86 valence electrons. The Morgan fingerprint density at radius 3 is 2.75 bits per heavy atom. The summed E-state index contributed by atoms with van der Waals surface area (Å²) in [5.41, 5.74) is 0. The molecule has 0 amide bonds. The molecule has 2 aromatic rings. The molecular formula is C12H13BrO2S. The zero-order valence-electron chi connectivity index (χ0n) is 9.16. The average molecular weight is 301 g/mol. The monoisotopic (exact) mass is 300 g/mol. The van der Waals surface area contributed by atoms with Gasteiger partial charge in [-0.15, -0.1) is 11.3 Å². The van der Waals surface area contributed by atoms with Crippen molar-refractivity contribution >= 4 is 27.3 Å². The van der Waals surface area contributed by atoms with Crippen molar-refractivity contribution in [1.29, 1.82) is 0 Å². The van der Waals surface area contributed by atoms with Crippen molar-refractivity contribution in [1.82, 2.24) is 0 Å². The minimum absolute atomic E-state index is 0.616. The lowest BCUT2D eigenvalue weighted by molar-refractivity contribution is 0.190. The number of aryl methyl sites for hydroxylation is 2. The van der Waals surface area contributed by atoms with Crippen LogP contribution in [0.15, 0.2) is 27.1 Å². The number of halogens is 1. The lowest BCUT2D eigenvalue weighted by Crippen LogP contribution is -1.94. The summed E-state index contributed by atoms with van der Waals surface area (Å²) in [6.45, 7) is 4.05. The molecule has 4 heteroatoms. The molecule has 2 aromatic heterocycles. The molecular weight excluding hydrogens is 288 g/mol. The molecule has 0 saturated carbocycles. The van der Waals surface area contributed by atoms with Gasteiger partial charge in [-0.1, -0.05) is 6.92 Å². The Balaban J connectivity index is 2.27. The first-order valence-electron chi connectivity index (χ1n) is 5.14. The Labute approximate surface area is 107 Å². The molecule has 2 rings (SSSR count). The molecule has 1 unspecified atom stereocenters. The van der Waals surface area contributed by atoms with Gasteiger partial charge in [0.1, 0.15) is 17.6 Å². The van der Waals surface area contributed by atoms with Gasteiger partial charge in [0.05, 0.1) is 0 Å². The van der Waals surface area contributed by atoms with E-state index < -0.39 is 6.10 Å². The lowest BCUT2D eigenvalue weighted by Gasteiger charge is -2.04. The molecule has 0 fully saturated rings. The fraction of sp³-hybridized carbons (Fsp3) is 0.333. The Kier molecular flexibility index (Phi) is 3.52. The van der Waals surface area contributed by atoms with E-state index in [4.69, 9.17) is 4.42 Å². The van der Waals surface area contributed by atoms with Crippen LogP contribution in [0, 0.1) is 6.92 Å². The quantitative estimate of drug-likeness (QED) is 0.927. The van der Waals surface area contributed by atoms with Crippen molar-refractivity contribution < 1.29 is 9.52 Å². The Hall–Kier alpha value is -0.580. The second kappa shape index (κ2) is 4.73. The molecule has 0 bridgehead atoms. The van der Waals surface area contributed by atoms with E-state index in [2.05, 4.69) is 15.9 Å². The fourth-order valence-corrected chi connectivity index (χ4v) is 3.04. The van der Waals surface area contributed by atoms with Gasteiger partial charge in [-0.3, -0.25) is 0 Å². The fourth-order valence-electron chi connectivity index (χ4n) is 1.49.